The van der Waals surface area contributed by atoms with Crippen LogP contribution >= 0.6 is 0 Å². The average Bonchev–Trinajstić information content (AvgIpc) is 3.43. The molecule has 30 heavy (non-hydrogen) atoms. The lowest BCUT2D eigenvalue weighted by Gasteiger charge is -2.19. The maximum atomic E-state index is 13.1. The third-order valence-corrected chi connectivity index (χ3v) is 5.81. The van der Waals surface area contributed by atoms with Gasteiger partial charge in [0.1, 0.15) is 17.3 Å². The highest BCUT2D eigenvalue weighted by molar-refractivity contribution is 5.95. The van der Waals surface area contributed by atoms with E-state index in [9.17, 15) is 9.18 Å². The van der Waals surface area contributed by atoms with E-state index in [1.807, 2.05) is 55.8 Å². The number of nitrogens with zero attached hydrogens (tertiary/aromatic N) is 3. The minimum atomic E-state index is -0.440. The molecule has 0 saturated heterocycles. The predicted molar refractivity (Wildman–Crippen MR) is 112 cm³/mol. The summed E-state index contributed by atoms with van der Waals surface area (Å²) in [6, 6.07) is 12.7. The summed E-state index contributed by atoms with van der Waals surface area (Å²) in [5.41, 5.74) is 2.47. The van der Waals surface area contributed by atoms with E-state index in [1.165, 1.54) is 12.1 Å². The molecule has 6 nitrogen and oxygen atoms in total. The number of carbonyl (C=O) groups excluding carboxylic acids is 1. The number of pyridine rings is 1. The summed E-state index contributed by atoms with van der Waals surface area (Å²) in [5, 5.41) is 7.31. The third kappa shape index (κ3) is 3.67. The topological polar surface area (TPSA) is 69.0 Å². The summed E-state index contributed by atoms with van der Waals surface area (Å²) >= 11 is 0. The lowest BCUT2D eigenvalue weighted by atomic mass is 9.93. The van der Waals surface area contributed by atoms with Crippen LogP contribution < -0.4 is 10.1 Å². The zero-order valence-corrected chi connectivity index (χ0v) is 17.4. The Bertz CT molecular complexity index is 1050. The number of amides is 1. The van der Waals surface area contributed by atoms with Crippen molar-refractivity contribution in [1.29, 1.82) is 0 Å². The number of hydrogen-bond donors (Lipinski definition) is 1. The molecule has 1 aromatic carbocycles. The number of carbonyl (C=O) groups is 1. The molecule has 2 heterocycles. The smallest absolute Gasteiger partial charge is 0.229 e. The molecule has 156 valence electrons. The van der Waals surface area contributed by atoms with Crippen molar-refractivity contribution in [3.63, 3.8) is 0 Å². The van der Waals surface area contributed by atoms with Crippen LogP contribution in [-0.2, 0) is 16.8 Å². The van der Waals surface area contributed by atoms with E-state index in [2.05, 4.69) is 15.4 Å². The van der Waals surface area contributed by atoms with Gasteiger partial charge in [-0.25, -0.2) is 9.37 Å². The maximum absolute atomic E-state index is 13.1. The van der Waals surface area contributed by atoms with Crippen LogP contribution in [0.1, 0.15) is 30.3 Å². The number of hydrogen-bond acceptors (Lipinski definition) is 4. The first-order valence-corrected chi connectivity index (χ1v) is 10.1. The Morgan fingerprint density at radius 3 is 2.67 bits per heavy atom. The van der Waals surface area contributed by atoms with E-state index in [4.69, 9.17) is 4.74 Å². The molecule has 2 atom stereocenters. The number of aryl methyl sites for hydroxylation is 2. The summed E-state index contributed by atoms with van der Waals surface area (Å²) in [6.07, 6.45) is 1.76. The molecule has 0 bridgehead atoms. The van der Waals surface area contributed by atoms with Gasteiger partial charge in [-0.05, 0) is 44.9 Å². The molecule has 0 spiro atoms. The molecular weight excluding hydrogens is 383 g/mol. The molecule has 4 rings (SSSR count). The van der Waals surface area contributed by atoms with E-state index in [-0.39, 0.29) is 11.8 Å². The van der Waals surface area contributed by atoms with Crippen LogP contribution in [0.15, 0.2) is 48.7 Å². The standard InChI is InChI=1S/C23H25FN4O2/c1-4-28-16(3)21(15(2)27-28)30-14-23(17-8-6-5-7-9-17)12-19(23)22(29)26-20-11-10-18(24)13-25-20/h5-11,13,19H,4,12,14H2,1-3H3,(H,25,26,29). The first kappa shape index (κ1) is 20.1. The number of aromatic nitrogens is 3. The Morgan fingerprint density at radius 1 is 1.27 bits per heavy atom. The molecule has 1 aliphatic carbocycles. The molecule has 1 aliphatic rings. The Morgan fingerprint density at radius 2 is 2.03 bits per heavy atom. The van der Waals surface area contributed by atoms with E-state index in [1.54, 1.807) is 0 Å². The number of ether oxygens (including phenoxy) is 1. The van der Waals surface area contributed by atoms with Crippen LogP contribution in [0.5, 0.6) is 5.75 Å². The fourth-order valence-electron chi connectivity index (χ4n) is 4.04. The van der Waals surface area contributed by atoms with Crippen molar-refractivity contribution >= 4 is 11.7 Å². The summed E-state index contributed by atoms with van der Waals surface area (Å²) in [6.45, 7) is 7.12. The first-order chi connectivity index (χ1) is 14.4. The van der Waals surface area contributed by atoms with Gasteiger partial charge in [0.15, 0.2) is 5.75 Å². The highest BCUT2D eigenvalue weighted by Gasteiger charge is 2.60. The summed E-state index contributed by atoms with van der Waals surface area (Å²) in [7, 11) is 0. The van der Waals surface area contributed by atoms with Crippen LogP contribution in [-0.4, -0.2) is 27.3 Å². The number of benzene rings is 1. The SMILES string of the molecule is CCn1nc(C)c(OCC2(c3ccccc3)CC2C(=O)Nc2ccc(F)cn2)c1C. The quantitative estimate of drug-likeness (QED) is 0.641. The number of halogens is 1. The number of anilines is 1. The van der Waals surface area contributed by atoms with Crippen molar-refractivity contribution in [2.75, 3.05) is 11.9 Å². The van der Waals surface area contributed by atoms with Gasteiger partial charge in [-0.2, -0.15) is 5.10 Å². The molecule has 1 N–H and O–H groups in total. The minimum absolute atomic E-state index is 0.140. The van der Waals surface area contributed by atoms with E-state index < -0.39 is 11.2 Å². The second kappa shape index (κ2) is 7.89. The largest absolute Gasteiger partial charge is 0.489 e. The van der Waals surface area contributed by atoms with E-state index in [0.29, 0.717) is 18.8 Å². The van der Waals surface area contributed by atoms with Gasteiger partial charge in [-0.15, -0.1) is 0 Å². The second-order valence-corrected chi connectivity index (χ2v) is 7.73. The lowest BCUT2D eigenvalue weighted by molar-refractivity contribution is -0.117. The molecular formula is C23H25FN4O2. The lowest BCUT2D eigenvalue weighted by Crippen LogP contribution is -2.27. The Labute approximate surface area is 175 Å². The Kier molecular flexibility index (Phi) is 5.28. The van der Waals surface area contributed by atoms with Gasteiger partial charge >= 0.3 is 0 Å². The van der Waals surface area contributed by atoms with E-state index in [0.717, 1.165) is 35.4 Å². The van der Waals surface area contributed by atoms with Gasteiger partial charge in [-0.1, -0.05) is 30.3 Å². The van der Waals surface area contributed by atoms with Gasteiger partial charge in [0, 0.05) is 12.0 Å². The molecule has 7 heteroatoms. The highest BCUT2D eigenvalue weighted by Crippen LogP contribution is 2.55. The average molecular weight is 408 g/mol. The van der Waals surface area contributed by atoms with E-state index >= 15 is 0 Å². The van der Waals surface area contributed by atoms with Crippen LogP contribution in [0.25, 0.3) is 0 Å². The normalized spacial score (nSPS) is 20.1. The summed E-state index contributed by atoms with van der Waals surface area (Å²) in [5.74, 6) is 0.281. The van der Waals surface area contributed by atoms with Crippen LogP contribution in [0.3, 0.4) is 0 Å². The third-order valence-electron chi connectivity index (χ3n) is 5.81. The molecule has 3 aromatic rings. The van der Waals surface area contributed by atoms with Crippen molar-refractivity contribution in [2.24, 2.45) is 5.92 Å². The molecule has 2 aromatic heterocycles. The zero-order valence-electron chi connectivity index (χ0n) is 17.4. The van der Waals surface area contributed by atoms with Gasteiger partial charge < -0.3 is 10.1 Å². The summed E-state index contributed by atoms with van der Waals surface area (Å²) in [4.78, 5) is 16.9. The molecule has 2 unspecified atom stereocenters. The monoisotopic (exact) mass is 408 g/mol. The maximum Gasteiger partial charge on any atom is 0.229 e. The van der Waals surface area contributed by atoms with Crippen LogP contribution in [0, 0.1) is 25.6 Å². The Balaban J connectivity index is 1.55. The molecule has 1 amide bonds. The Hall–Kier alpha value is -3.22. The van der Waals surface area contributed by atoms with Crippen molar-refractivity contribution < 1.29 is 13.9 Å². The van der Waals surface area contributed by atoms with Gasteiger partial charge in [-0.3, -0.25) is 9.48 Å². The predicted octanol–water partition coefficient (Wildman–Crippen LogP) is 4.03. The van der Waals surface area contributed by atoms with Crippen LogP contribution in [0.4, 0.5) is 10.2 Å². The summed E-state index contributed by atoms with van der Waals surface area (Å²) < 4.78 is 21.3. The molecule has 1 fully saturated rings. The fourth-order valence-corrected chi connectivity index (χ4v) is 4.04. The van der Waals surface area contributed by atoms with Crippen molar-refractivity contribution in [1.82, 2.24) is 14.8 Å². The first-order valence-electron chi connectivity index (χ1n) is 10.1. The number of nitrogens with one attached hydrogen (secondary N) is 1. The van der Waals surface area contributed by atoms with Crippen molar-refractivity contribution in [2.45, 2.75) is 39.2 Å². The molecule has 0 aliphatic heterocycles. The molecule has 0 radical (unpaired) electrons. The van der Waals surface area contributed by atoms with Crippen molar-refractivity contribution in [3.8, 4) is 5.75 Å². The van der Waals surface area contributed by atoms with Gasteiger partial charge in [0.2, 0.25) is 5.91 Å². The highest BCUT2D eigenvalue weighted by atomic mass is 19.1. The number of rotatable bonds is 7. The zero-order chi connectivity index (χ0) is 21.3. The van der Waals surface area contributed by atoms with Gasteiger partial charge in [0.25, 0.3) is 0 Å². The fraction of sp³-hybridized carbons (Fsp3) is 0.348. The molecule has 1 saturated carbocycles. The minimum Gasteiger partial charge on any atom is -0.489 e. The van der Waals surface area contributed by atoms with Gasteiger partial charge in [0.05, 0.1) is 24.4 Å². The second-order valence-electron chi connectivity index (χ2n) is 7.73. The van der Waals surface area contributed by atoms with Crippen molar-refractivity contribution in [3.05, 3.63) is 71.4 Å². The van der Waals surface area contributed by atoms with Crippen LogP contribution in [0.2, 0.25) is 0 Å².